The molecule has 0 atom stereocenters. The summed E-state index contributed by atoms with van der Waals surface area (Å²) in [5.74, 6) is 0. The van der Waals surface area contributed by atoms with Gasteiger partial charge in [-0.3, -0.25) is 0 Å². The molecule has 80 valence electrons. The smallest absolute Gasteiger partial charge is 0.200 e. The van der Waals surface area contributed by atoms with E-state index in [1.807, 2.05) is 6.92 Å². The number of benzene rings is 1. The molecule has 0 spiro atoms. The summed E-state index contributed by atoms with van der Waals surface area (Å²) < 4.78 is 23.2. The number of nitrogens with one attached hydrogen (secondary N) is 1. The van der Waals surface area contributed by atoms with Crippen LogP contribution in [-0.2, 0) is 10.0 Å². The second-order valence-corrected chi connectivity index (χ2v) is 5.21. The van der Waals surface area contributed by atoms with E-state index >= 15 is 0 Å². The number of hydrogen-bond donors (Lipinski definition) is 1. The van der Waals surface area contributed by atoms with Crippen LogP contribution in [0.2, 0.25) is 5.02 Å². The molecule has 1 N–H and O–H groups in total. The van der Waals surface area contributed by atoms with E-state index in [1.165, 1.54) is 6.07 Å². The zero-order valence-corrected chi connectivity index (χ0v) is 9.56. The highest BCUT2D eigenvalue weighted by Crippen LogP contribution is 2.24. The Morgan fingerprint density at radius 1 is 1.47 bits per heavy atom. The fourth-order valence-corrected chi connectivity index (χ4v) is 2.77. The van der Waals surface area contributed by atoms with Gasteiger partial charge in [-0.15, -0.1) is 0 Å². The Morgan fingerprint density at radius 3 is 2.87 bits per heavy atom. The fraction of sp³-hybridized carbons (Fsp3) is 0.222. The van der Waals surface area contributed by atoms with Gasteiger partial charge in [0.1, 0.15) is 0 Å². The average Bonchev–Trinajstić information content (AvgIpc) is 2.19. The zero-order valence-electron chi connectivity index (χ0n) is 7.99. The zero-order chi connectivity index (χ0) is 11.1. The molecule has 1 aliphatic heterocycles. The molecule has 0 bridgehead atoms. The van der Waals surface area contributed by atoms with Gasteiger partial charge in [-0.1, -0.05) is 24.6 Å². The molecule has 1 aromatic carbocycles. The van der Waals surface area contributed by atoms with Gasteiger partial charge in [0.05, 0.1) is 10.6 Å². The molecule has 15 heavy (non-hydrogen) atoms. The van der Waals surface area contributed by atoms with E-state index in [-0.39, 0.29) is 4.90 Å². The quantitative estimate of drug-likeness (QED) is 0.818. The minimum atomic E-state index is -3.53. The van der Waals surface area contributed by atoms with Gasteiger partial charge in [-0.05, 0) is 18.6 Å². The SMILES string of the molecule is CCC1=NNS(=O)(=O)c2cc(Cl)ccc21. The molecule has 0 amide bonds. The first-order valence-corrected chi connectivity index (χ1v) is 6.29. The van der Waals surface area contributed by atoms with Crippen molar-refractivity contribution in [3.8, 4) is 0 Å². The van der Waals surface area contributed by atoms with E-state index in [0.29, 0.717) is 17.0 Å². The van der Waals surface area contributed by atoms with E-state index in [4.69, 9.17) is 11.6 Å². The van der Waals surface area contributed by atoms with Gasteiger partial charge in [0, 0.05) is 10.6 Å². The van der Waals surface area contributed by atoms with E-state index in [9.17, 15) is 8.42 Å². The summed E-state index contributed by atoms with van der Waals surface area (Å²) in [6.07, 6.45) is 0.664. The Bertz CT molecular complexity index is 537. The summed E-state index contributed by atoms with van der Waals surface area (Å²) in [5, 5.41) is 4.21. The summed E-state index contributed by atoms with van der Waals surface area (Å²) >= 11 is 5.76. The van der Waals surface area contributed by atoms with Crippen LogP contribution in [-0.4, -0.2) is 14.1 Å². The molecular weight excluding hydrogens is 236 g/mol. The lowest BCUT2D eigenvalue weighted by Gasteiger charge is -2.16. The maximum Gasteiger partial charge on any atom is 0.277 e. The van der Waals surface area contributed by atoms with Crippen molar-refractivity contribution in [2.24, 2.45) is 5.10 Å². The molecule has 0 unspecified atom stereocenters. The maximum atomic E-state index is 11.6. The third-order valence-corrected chi connectivity index (χ3v) is 3.66. The Balaban J connectivity index is 2.73. The van der Waals surface area contributed by atoms with Gasteiger partial charge in [0.25, 0.3) is 10.0 Å². The maximum absolute atomic E-state index is 11.6. The van der Waals surface area contributed by atoms with Crippen molar-refractivity contribution in [1.29, 1.82) is 0 Å². The summed E-state index contributed by atoms with van der Waals surface area (Å²) in [6, 6.07) is 4.77. The minimum Gasteiger partial charge on any atom is -0.200 e. The Labute approximate surface area is 93.0 Å². The van der Waals surface area contributed by atoms with E-state index in [1.54, 1.807) is 12.1 Å². The van der Waals surface area contributed by atoms with Crippen molar-refractivity contribution >= 4 is 27.3 Å². The lowest BCUT2D eigenvalue weighted by atomic mass is 10.1. The molecule has 1 aliphatic rings. The summed E-state index contributed by atoms with van der Waals surface area (Å²) in [5.41, 5.74) is 1.34. The molecule has 0 saturated carbocycles. The largest absolute Gasteiger partial charge is 0.277 e. The molecule has 0 aromatic heterocycles. The van der Waals surface area contributed by atoms with E-state index in [0.717, 1.165) is 5.71 Å². The normalized spacial score (nSPS) is 17.6. The van der Waals surface area contributed by atoms with Gasteiger partial charge in [-0.2, -0.15) is 18.4 Å². The number of fused-ring (bicyclic) bond motifs is 1. The molecule has 4 nitrogen and oxygen atoms in total. The van der Waals surface area contributed by atoms with Crippen LogP contribution in [0.25, 0.3) is 0 Å². The Kier molecular flexibility index (Phi) is 2.44. The second kappa shape index (κ2) is 3.50. The van der Waals surface area contributed by atoms with Crippen LogP contribution in [0.4, 0.5) is 0 Å². The van der Waals surface area contributed by atoms with Crippen LogP contribution >= 0.6 is 11.6 Å². The lowest BCUT2D eigenvalue weighted by Crippen LogP contribution is -2.27. The first-order chi connectivity index (χ1) is 7.04. The molecule has 1 heterocycles. The van der Waals surface area contributed by atoms with Crippen LogP contribution in [0.15, 0.2) is 28.2 Å². The van der Waals surface area contributed by atoms with Crippen molar-refractivity contribution in [1.82, 2.24) is 4.83 Å². The molecule has 0 aliphatic carbocycles. The van der Waals surface area contributed by atoms with Gasteiger partial charge >= 0.3 is 0 Å². The predicted molar refractivity (Wildman–Crippen MR) is 58.6 cm³/mol. The van der Waals surface area contributed by atoms with E-state index < -0.39 is 10.0 Å². The standard InChI is InChI=1S/C9H9ClN2O2S/c1-2-8-7-4-3-6(10)5-9(7)15(13,14)12-11-8/h3-5,12H,2H2,1H3. The van der Waals surface area contributed by atoms with E-state index in [2.05, 4.69) is 9.93 Å². The molecule has 0 fully saturated rings. The average molecular weight is 245 g/mol. The van der Waals surface area contributed by atoms with Crippen LogP contribution in [0, 0.1) is 0 Å². The molecule has 6 heteroatoms. The summed E-state index contributed by atoms with van der Waals surface area (Å²) in [4.78, 5) is 2.34. The first-order valence-electron chi connectivity index (χ1n) is 4.43. The highest BCUT2D eigenvalue weighted by atomic mass is 35.5. The molecule has 0 radical (unpaired) electrons. The number of halogens is 1. The summed E-state index contributed by atoms with van der Waals surface area (Å²) in [6.45, 7) is 1.91. The molecule has 0 saturated heterocycles. The van der Waals surface area contributed by atoms with Crippen LogP contribution in [0.1, 0.15) is 18.9 Å². The third-order valence-electron chi connectivity index (χ3n) is 2.18. The third kappa shape index (κ3) is 1.72. The highest BCUT2D eigenvalue weighted by molar-refractivity contribution is 7.89. The Morgan fingerprint density at radius 2 is 2.20 bits per heavy atom. The Hall–Kier alpha value is -1.07. The lowest BCUT2D eigenvalue weighted by molar-refractivity contribution is 0.582. The highest BCUT2D eigenvalue weighted by Gasteiger charge is 2.24. The second-order valence-electron chi connectivity index (χ2n) is 3.15. The summed E-state index contributed by atoms with van der Waals surface area (Å²) in [7, 11) is -3.53. The first kappa shape index (κ1) is 10.4. The van der Waals surface area contributed by atoms with Gasteiger partial charge in [-0.25, -0.2) is 0 Å². The molecular formula is C9H9ClN2O2S. The van der Waals surface area contributed by atoms with Gasteiger partial charge < -0.3 is 0 Å². The van der Waals surface area contributed by atoms with Crippen molar-refractivity contribution in [3.05, 3.63) is 28.8 Å². The van der Waals surface area contributed by atoms with Crippen LogP contribution < -0.4 is 4.83 Å². The van der Waals surface area contributed by atoms with Crippen molar-refractivity contribution < 1.29 is 8.42 Å². The minimum absolute atomic E-state index is 0.196. The number of sulfonamides is 1. The number of hydrazone groups is 1. The van der Waals surface area contributed by atoms with Crippen molar-refractivity contribution in [2.75, 3.05) is 0 Å². The van der Waals surface area contributed by atoms with Crippen molar-refractivity contribution in [2.45, 2.75) is 18.2 Å². The van der Waals surface area contributed by atoms with Gasteiger partial charge in [0.15, 0.2) is 0 Å². The predicted octanol–water partition coefficient (Wildman–Crippen LogP) is 1.75. The van der Waals surface area contributed by atoms with Crippen molar-refractivity contribution in [3.63, 3.8) is 0 Å². The number of nitrogens with zero attached hydrogens (tertiary/aromatic N) is 1. The van der Waals surface area contributed by atoms with Crippen LogP contribution in [0.5, 0.6) is 0 Å². The van der Waals surface area contributed by atoms with Crippen LogP contribution in [0.3, 0.4) is 0 Å². The number of hydrogen-bond acceptors (Lipinski definition) is 3. The fourth-order valence-electron chi connectivity index (χ4n) is 1.45. The molecule has 1 aromatic rings. The molecule has 2 rings (SSSR count). The number of rotatable bonds is 1. The topological polar surface area (TPSA) is 58.5 Å². The van der Waals surface area contributed by atoms with Gasteiger partial charge in [0.2, 0.25) is 0 Å². The monoisotopic (exact) mass is 244 g/mol.